The molecule has 0 bridgehead atoms. The first-order valence-electron chi connectivity index (χ1n) is 16.3. The lowest BCUT2D eigenvalue weighted by molar-refractivity contribution is 1.28. The summed E-state index contributed by atoms with van der Waals surface area (Å²) in [5.74, 6) is 0. The number of anilines is 6. The van der Waals surface area contributed by atoms with Crippen molar-refractivity contribution in [3.8, 4) is 17.2 Å². The van der Waals surface area contributed by atoms with Crippen LogP contribution in [0.25, 0.3) is 16.0 Å². The minimum absolute atomic E-state index is 0.523. The van der Waals surface area contributed by atoms with E-state index >= 15 is 0 Å². The zero-order valence-electron chi connectivity index (χ0n) is 27.5. The lowest BCUT2D eigenvalue weighted by Gasteiger charge is -2.41. The second-order valence-corrected chi connectivity index (χ2v) is 22.3. The van der Waals surface area contributed by atoms with Gasteiger partial charge in [-0.2, -0.15) is 5.26 Å². The Morgan fingerprint density at radius 1 is 0.521 bits per heavy atom. The van der Waals surface area contributed by atoms with Gasteiger partial charge in [0, 0.05) is 34.1 Å². The van der Waals surface area contributed by atoms with E-state index in [1.807, 2.05) is 24.3 Å². The normalized spacial score (nSPS) is 14.9. The van der Waals surface area contributed by atoms with Crippen molar-refractivity contribution in [1.82, 2.24) is 0 Å². The van der Waals surface area contributed by atoms with Gasteiger partial charge in [0.1, 0.15) is 16.1 Å². The average molecular weight is 651 g/mol. The van der Waals surface area contributed by atoms with Gasteiger partial charge < -0.3 is 9.80 Å². The largest absolute Gasteiger partial charge is 0.312 e. The molecule has 0 aromatic heterocycles. The van der Waals surface area contributed by atoms with E-state index in [2.05, 4.69) is 156 Å². The maximum absolute atomic E-state index is 10.5. The fraction of sp³-hybridized carbons (Fsp3) is 0.0952. The molecule has 0 spiro atoms. The lowest BCUT2D eigenvalue weighted by atomic mass is 9.97. The number of benzene rings is 6. The summed E-state index contributed by atoms with van der Waals surface area (Å²) in [6.45, 7) is 17.9. The van der Waals surface area contributed by atoms with Crippen molar-refractivity contribution < 1.29 is 0 Å². The molecule has 0 radical (unpaired) electrons. The molecule has 0 N–H and O–H groups in total. The standard InChI is InChI=1S/C42H34N4Si2/c1-44-34-27-31(46-37-16-8-12-20-41(37)48(4,5)42-21-13-9-17-38(42)46)23-25-33(34)32-24-22-30(26-29(32)28-43)45-35-14-6-10-18-39(35)47(2,3)40-19-11-7-15-36(40)45/h6-27H,2-5H3. The minimum atomic E-state index is -1.92. The molecule has 2 heterocycles. The van der Waals surface area contributed by atoms with Gasteiger partial charge >= 0.3 is 0 Å². The third kappa shape index (κ3) is 4.31. The van der Waals surface area contributed by atoms with Crippen LogP contribution in [0.1, 0.15) is 5.56 Å². The van der Waals surface area contributed by atoms with E-state index in [-0.39, 0.29) is 0 Å². The van der Waals surface area contributed by atoms with Gasteiger partial charge in [-0.05, 0) is 80.4 Å². The van der Waals surface area contributed by atoms with Crippen molar-refractivity contribution in [3.63, 3.8) is 0 Å². The van der Waals surface area contributed by atoms with Crippen LogP contribution in [0.15, 0.2) is 133 Å². The summed E-state index contributed by atoms with van der Waals surface area (Å²) in [6, 6.07) is 49.4. The first-order chi connectivity index (χ1) is 23.3. The smallest absolute Gasteiger partial charge is 0.197 e. The Balaban J connectivity index is 1.25. The maximum atomic E-state index is 10.5. The molecule has 230 valence electrons. The van der Waals surface area contributed by atoms with Crippen LogP contribution in [0.3, 0.4) is 0 Å². The SMILES string of the molecule is [C-]#[N+]c1cc(N2c3ccccc3[Si](C)(C)c3ccccc32)ccc1-c1ccc(N2c3ccccc3[Si](C)(C)c3ccccc32)cc1C#N. The Hall–Kier alpha value is -5.67. The highest BCUT2D eigenvalue weighted by Gasteiger charge is 2.39. The van der Waals surface area contributed by atoms with Gasteiger partial charge in [0.05, 0.1) is 18.2 Å². The molecule has 6 heteroatoms. The zero-order valence-corrected chi connectivity index (χ0v) is 29.5. The molecule has 6 aromatic rings. The van der Waals surface area contributed by atoms with Crippen molar-refractivity contribution >= 4 is 76.7 Å². The molecule has 6 aromatic carbocycles. The highest BCUT2D eigenvalue weighted by Crippen LogP contribution is 2.44. The van der Waals surface area contributed by atoms with Crippen molar-refractivity contribution in [2.75, 3.05) is 9.80 Å². The molecule has 0 unspecified atom stereocenters. The number of nitriles is 1. The van der Waals surface area contributed by atoms with Gasteiger partial charge in [-0.3, -0.25) is 0 Å². The Morgan fingerprint density at radius 3 is 1.29 bits per heavy atom. The van der Waals surface area contributed by atoms with Crippen molar-refractivity contribution in [2.45, 2.75) is 26.2 Å². The summed E-state index contributed by atoms with van der Waals surface area (Å²) in [5.41, 5.74) is 9.16. The molecule has 0 saturated heterocycles. The van der Waals surface area contributed by atoms with Crippen LogP contribution in [0.4, 0.5) is 39.8 Å². The highest BCUT2D eigenvalue weighted by molar-refractivity contribution is 7.03. The first-order valence-corrected chi connectivity index (χ1v) is 22.3. The minimum Gasteiger partial charge on any atom is -0.312 e. The van der Waals surface area contributed by atoms with E-state index in [4.69, 9.17) is 6.57 Å². The Bertz CT molecular complexity index is 2100. The van der Waals surface area contributed by atoms with E-state index in [0.717, 1.165) is 22.5 Å². The van der Waals surface area contributed by atoms with Gasteiger partial charge in [-0.1, -0.05) is 111 Å². The topological polar surface area (TPSA) is 34.6 Å². The monoisotopic (exact) mass is 650 g/mol. The Morgan fingerprint density at radius 2 is 0.896 bits per heavy atom. The van der Waals surface area contributed by atoms with E-state index in [1.54, 1.807) is 0 Å². The molecular weight excluding hydrogens is 617 g/mol. The molecule has 2 aliphatic heterocycles. The third-order valence-electron chi connectivity index (χ3n) is 10.3. The van der Waals surface area contributed by atoms with Crippen LogP contribution in [0, 0.1) is 17.9 Å². The van der Waals surface area contributed by atoms with Gasteiger partial charge in [0.15, 0.2) is 5.69 Å². The Labute approximate surface area is 284 Å². The van der Waals surface area contributed by atoms with Crippen LogP contribution in [-0.4, -0.2) is 16.1 Å². The second kappa shape index (κ2) is 11.0. The summed E-state index contributed by atoms with van der Waals surface area (Å²) < 4.78 is 0. The average Bonchev–Trinajstić information content (AvgIpc) is 3.12. The van der Waals surface area contributed by atoms with Crippen LogP contribution in [-0.2, 0) is 0 Å². The van der Waals surface area contributed by atoms with E-state index < -0.39 is 16.1 Å². The lowest BCUT2D eigenvalue weighted by Crippen LogP contribution is -2.58. The van der Waals surface area contributed by atoms with Crippen LogP contribution >= 0.6 is 0 Å². The van der Waals surface area contributed by atoms with Gasteiger partial charge in [0.2, 0.25) is 0 Å². The van der Waals surface area contributed by atoms with Crippen LogP contribution in [0.5, 0.6) is 0 Å². The predicted molar refractivity (Wildman–Crippen MR) is 206 cm³/mol. The highest BCUT2D eigenvalue weighted by atomic mass is 28.3. The number of nitrogens with zero attached hydrogens (tertiary/aromatic N) is 4. The Kier molecular flexibility index (Phi) is 6.78. The third-order valence-corrected chi connectivity index (χ3v) is 17.4. The molecule has 8 rings (SSSR count). The number of para-hydroxylation sites is 4. The molecule has 0 fully saturated rings. The molecule has 4 nitrogen and oxygen atoms in total. The molecule has 0 amide bonds. The van der Waals surface area contributed by atoms with E-state index in [1.165, 1.54) is 43.5 Å². The number of rotatable bonds is 3. The molecule has 48 heavy (non-hydrogen) atoms. The second-order valence-electron chi connectivity index (χ2n) is 13.6. The fourth-order valence-electron chi connectivity index (χ4n) is 7.87. The van der Waals surface area contributed by atoms with Crippen molar-refractivity contribution in [2.24, 2.45) is 0 Å². The van der Waals surface area contributed by atoms with Gasteiger partial charge in [0.25, 0.3) is 0 Å². The van der Waals surface area contributed by atoms with E-state index in [0.29, 0.717) is 11.3 Å². The fourth-order valence-corrected chi connectivity index (χ4v) is 13.8. The molecule has 0 atom stereocenters. The summed E-state index contributed by atoms with van der Waals surface area (Å²) in [6.07, 6.45) is 0. The number of fused-ring (bicyclic) bond motifs is 4. The number of hydrogen-bond acceptors (Lipinski definition) is 3. The summed E-state index contributed by atoms with van der Waals surface area (Å²) in [4.78, 5) is 8.61. The van der Waals surface area contributed by atoms with E-state index in [9.17, 15) is 5.26 Å². The maximum Gasteiger partial charge on any atom is 0.197 e. The molecule has 2 aliphatic rings. The van der Waals surface area contributed by atoms with Crippen LogP contribution < -0.4 is 30.5 Å². The van der Waals surface area contributed by atoms with Crippen molar-refractivity contribution in [3.05, 3.63) is 150 Å². The van der Waals surface area contributed by atoms with Gasteiger partial charge in [-0.25, -0.2) is 4.85 Å². The molecule has 0 aliphatic carbocycles. The number of hydrogen-bond donors (Lipinski definition) is 0. The summed E-state index contributed by atoms with van der Waals surface area (Å²) in [5, 5.41) is 16.0. The van der Waals surface area contributed by atoms with Crippen LogP contribution in [0.2, 0.25) is 26.2 Å². The summed E-state index contributed by atoms with van der Waals surface area (Å²) >= 11 is 0. The molecule has 0 saturated carbocycles. The predicted octanol–water partition coefficient (Wildman–Crippen LogP) is 8.99. The summed E-state index contributed by atoms with van der Waals surface area (Å²) in [7, 11) is -3.83. The van der Waals surface area contributed by atoms with Crippen molar-refractivity contribution in [1.29, 1.82) is 5.26 Å². The van der Waals surface area contributed by atoms with Gasteiger partial charge in [-0.15, -0.1) is 0 Å². The first kappa shape index (κ1) is 29.7. The zero-order chi connectivity index (χ0) is 33.2. The quantitative estimate of drug-likeness (QED) is 0.142. The molecular formula is C42H34N4Si2.